The van der Waals surface area contributed by atoms with Crippen molar-refractivity contribution in [2.45, 2.75) is 31.1 Å². The summed E-state index contributed by atoms with van der Waals surface area (Å²) in [6.45, 7) is 0.889. The Morgan fingerprint density at radius 3 is 2.57 bits per heavy atom. The van der Waals surface area contributed by atoms with Crippen molar-refractivity contribution in [3.8, 4) is 0 Å². The van der Waals surface area contributed by atoms with Crippen LogP contribution in [0.5, 0.6) is 0 Å². The van der Waals surface area contributed by atoms with Crippen molar-refractivity contribution in [2.24, 2.45) is 0 Å². The van der Waals surface area contributed by atoms with E-state index in [1.54, 1.807) is 38.3 Å². The second kappa shape index (κ2) is 8.38. The Morgan fingerprint density at radius 2 is 1.96 bits per heavy atom. The van der Waals surface area contributed by atoms with Gasteiger partial charge in [0.1, 0.15) is 18.0 Å². The highest BCUT2D eigenvalue weighted by molar-refractivity contribution is 5.76. The third kappa shape index (κ3) is 4.50. The summed E-state index contributed by atoms with van der Waals surface area (Å²) in [6.07, 6.45) is 0.523. The van der Waals surface area contributed by atoms with E-state index in [2.05, 4.69) is 0 Å². The van der Waals surface area contributed by atoms with Gasteiger partial charge in [0.2, 0.25) is 5.91 Å². The quantitative estimate of drug-likeness (QED) is 0.798. The monoisotopic (exact) mass is 325 g/mol. The van der Waals surface area contributed by atoms with Crippen molar-refractivity contribution in [3.05, 3.63) is 35.6 Å². The summed E-state index contributed by atoms with van der Waals surface area (Å²) >= 11 is 0. The standard InChI is InChI=1S/C17H24FNO4/c1-19(14-10-23-11-15(21-2)17(14)22-3)16(20)9-6-12-4-7-13(18)8-5-12/h4-5,7-8,14-15,17H,6,9-11H2,1-3H3/t14-,15-,17+/m1/s1. The van der Waals surface area contributed by atoms with Gasteiger partial charge < -0.3 is 19.1 Å². The Morgan fingerprint density at radius 1 is 1.26 bits per heavy atom. The maximum atomic E-state index is 12.9. The number of hydrogen-bond acceptors (Lipinski definition) is 4. The molecule has 1 aliphatic heterocycles. The zero-order valence-corrected chi connectivity index (χ0v) is 13.8. The molecule has 1 heterocycles. The van der Waals surface area contributed by atoms with Gasteiger partial charge in [0.25, 0.3) is 0 Å². The lowest BCUT2D eigenvalue weighted by Crippen LogP contribution is -2.57. The number of hydrogen-bond donors (Lipinski definition) is 0. The van der Waals surface area contributed by atoms with Crippen molar-refractivity contribution in [2.75, 3.05) is 34.5 Å². The van der Waals surface area contributed by atoms with Crippen LogP contribution in [0.4, 0.5) is 4.39 Å². The van der Waals surface area contributed by atoms with E-state index in [0.717, 1.165) is 5.56 Å². The van der Waals surface area contributed by atoms with Gasteiger partial charge in [-0.25, -0.2) is 4.39 Å². The first-order valence-corrected chi connectivity index (χ1v) is 7.70. The fourth-order valence-electron chi connectivity index (χ4n) is 2.85. The van der Waals surface area contributed by atoms with E-state index >= 15 is 0 Å². The molecule has 128 valence electrons. The first-order valence-electron chi connectivity index (χ1n) is 7.70. The number of carbonyl (C=O) groups is 1. The molecule has 23 heavy (non-hydrogen) atoms. The number of likely N-dealkylation sites (N-methyl/N-ethyl adjacent to an activating group) is 1. The molecule has 0 bridgehead atoms. The summed E-state index contributed by atoms with van der Waals surface area (Å²) in [5.74, 6) is -0.271. The fraction of sp³-hybridized carbons (Fsp3) is 0.588. The van der Waals surface area contributed by atoms with Gasteiger partial charge in [-0.15, -0.1) is 0 Å². The van der Waals surface area contributed by atoms with E-state index in [1.165, 1.54) is 12.1 Å². The molecule has 6 heteroatoms. The molecule has 1 aliphatic rings. The van der Waals surface area contributed by atoms with Crippen LogP contribution in [0.3, 0.4) is 0 Å². The molecule has 1 amide bonds. The second-order valence-electron chi connectivity index (χ2n) is 5.71. The number of amides is 1. The number of nitrogens with zero attached hydrogens (tertiary/aromatic N) is 1. The van der Waals surface area contributed by atoms with Gasteiger partial charge in [0.15, 0.2) is 0 Å². The van der Waals surface area contributed by atoms with Gasteiger partial charge in [0.05, 0.1) is 19.3 Å². The van der Waals surface area contributed by atoms with Crippen LogP contribution in [0, 0.1) is 5.82 Å². The van der Waals surface area contributed by atoms with Crippen molar-refractivity contribution in [3.63, 3.8) is 0 Å². The number of benzene rings is 1. The Labute approximate surface area is 136 Å². The first kappa shape index (κ1) is 17.8. The van der Waals surface area contributed by atoms with E-state index in [9.17, 15) is 9.18 Å². The smallest absolute Gasteiger partial charge is 0.223 e. The minimum Gasteiger partial charge on any atom is -0.376 e. The number of methoxy groups -OCH3 is 2. The average molecular weight is 325 g/mol. The molecule has 0 saturated carbocycles. The summed E-state index contributed by atoms with van der Waals surface area (Å²) in [7, 11) is 4.98. The Balaban J connectivity index is 1.93. The molecule has 0 aromatic heterocycles. The highest BCUT2D eigenvalue weighted by atomic mass is 19.1. The molecule has 0 N–H and O–H groups in total. The van der Waals surface area contributed by atoms with E-state index < -0.39 is 0 Å². The van der Waals surface area contributed by atoms with E-state index in [4.69, 9.17) is 14.2 Å². The van der Waals surface area contributed by atoms with Gasteiger partial charge in [-0.1, -0.05) is 12.1 Å². The van der Waals surface area contributed by atoms with Crippen LogP contribution in [0.2, 0.25) is 0 Å². The molecule has 5 nitrogen and oxygen atoms in total. The lowest BCUT2D eigenvalue weighted by atomic mass is 10.0. The van der Waals surface area contributed by atoms with Gasteiger partial charge >= 0.3 is 0 Å². The molecule has 1 saturated heterocycles. The SMILES string of the molecule is CO[C@H]1[C@H](N(C)C(=O)CCc2ccc(F)cc2)COC[C@H]1OC. The largest absolute Gasteiger partial charge is 0.376 e. The van der Waals surface area contributed by atoms with Crippen LogP contribution >= 0.6 is 0 Å². The predicted molar refractivity (Wildman–Crippen MR) is 83.7 cm³/mol. The summed E-state index contributed by atoms with van der Waals surface area (Å²) in [5.41, 5.74) is 0.936. The van der Waals surface area contributed by atoms with Crippen LogP contribution < -0.4 is 0 Å². The Bertz CT molecular complexity index is 508. The van der Waals surface area contributed by atoms with Gasteiger partial charge in [0, 0.05) is 27.7 Å². The molecule has 0 radical (unpaired) electrons. The van der Waals surface area contributed by atoms with Gasteiger partial charge in [-0.3, -0.25) is 4.79 Å². The van der Waals surface area contributed by atoms with Crippen LogP contribution in [-0.2, 0) is 25.4 Å². The molecule has 0 unspecified atom stereocenters. The summed E-state index contributed by atoms with van der Waals surface area (Å²) in [4.78, 5) is 14.1. The molecule has 1 aromatic carbocycles. The summed E-state index contributed by atoms with van der Waals surface area (Å²) in [5, 5.41) is 0. The van der Waals surface area contributed by atoms with Gasteiger partial charge in [-0.2, -0.15) is 0 Å². The van der Waals surface area contributed by atoms with Gasteiger partial charge in [-0.05, 0) is 24.1 Å². The minimum atomic E-state index is -0.273. The number of carbonyl (C=O) groups excluding carboxylic acids is 1. The van der Waals surface area contributed by atoms with E-state index in [-0.39, 0.29) is 30.0 Å². The molecule has 1 aromatic rings. The number of halogens is 1. The van der Waals surface area contributed by atoms with E-state index in [0.29, 0.717) is 26.1 Å². The molecular formula is C17H24FNO4. The highest BCUT2D eigenvalue weighted by Gasteiger charge is 2.38. The molecule has 0 aliphatic carbocycles. The van der Waals surface area contributed by atoms with Crippen molar-refractivity contribution in [1.82, 2.24) is 4.90 Å². The third-order valence-corrected chi connectivity index (χ3v) is 4.32. The van der Waals surface area contributed by atoms with Crippen LogP contribution in [0.25, 0.3) is 0 Å². The molecular weight excluding hydrogens is 301 g/mol. The zero-order chi connectivity index (χ0) is 16.8. The zero-order valence-electron chi connectivity index (χ0n) is 13.8. The van der Waals surface area contributed by atoms with Crippen molar-refractivity contribution in [1.29, 1.82) is 0 Å². The molecule has 0 spiro atoms. The number of aryl methyl sites for hydroxylation is 1. The second-order valence-corrected chi connectivity index (χ2v) is 5.71. The number of rotatable bonds is 6. The van der Waals surface area contributed by atoms with Crippen molar-refractivity contribution < 1.29 is 23.4 Å². The number of ether oxygens (including phenoxy) is 3. The first-order chi connectivity index (χ1) is 11.1. The van der Waals surface area contributed by atoms with Crippen LogP contribution in [0.15, 0.2) is 24.3 Å². The maximum Gasteiger partial charge on any atom is 0.223 e. The predicted octanol–water partition coefficient (Wildman–Crippen LogP) is 1.65. The van der Waals surface area contributed by atoms with E-state index in [1.807, 2.05) is 0 Å². The molecule has 2 rings (SSSR count). The Hall–Kier alpha value is -1.50. The normalized spacial score (nSPS) is 24.4. The topological polar surface area (TPSA) is 48.0 Å². The lowest BCUT2D eigenvalue weighted by Gasteiger charge is -2.40. The molecule has 1 fully saturated rings. The molecule has 3 atom stereocenters. The van der Waals surface area contributed by atoms with Crippen LogP contribution in [-0.4, -0.2) is 63.5 Å². The van der Waals surface area contributed by atoms with Crippen molar-refractivity contribution >= 4 is 5.91 Å². The van der Waals surface area contributed by atoms with Crippen LogP contribution in [0.1, 0.15) is 12.0 Å². The maximum absolute atomic E-state index is 12.9. The highest BCUT2D eigenvalue weighted by Crippen LogP contribution is 2.19. The Kier molecular flexibility index (Phi) is 6.50. The third-order valence-electron chi connectivity index (χ3n) is 4.32. The average Bonchev–Trinajstić information content (AvgIpc) is 2.59. The minimum absolute atomic E-state index is 0.00160. The summed E-state index contributed by atoms with van der Waals surface area (Å²) in [6, 6.07) is 6.03. The lowest BCUT2D eigenvalue weighted by molar-refractivity contribution is -0.164. The summed E-state index contributed by atoms with van der Waals surface area (Å²) < 4.78 is 29.3. The fourth-order valence-corrected chi connectivity index (χ4v) is 2.85.